The van der Waals surface area contributed by atoms with Gasteiger partial charge in [0.25, 0.3) is 0 Å². The molecule has 0 aliphatic carbocycles. The van der Waals surface area contributed by atoms with E-state index in [4.69, 9.17) is 15.2 Å². The maximum Gasteiger partial charge on any atom is 0.407 e. The summed E-state index contributed by atoms with van der Waals surface area (Å²) in [5.41, 5.74) is 8.83. The van der Waals surface area contributed by atoms with Crippen LogP contribution in [0.25, 0.3) is 0 Å². The summed E-state index contributed by atoms with van der Waals surface area (Å²) < 4.78 is 11.1. The van der Waals surface area contributed by atoms with Gasteiger partial charge >= 0.3 is 6.09 Å². The molecule has 0 aliphatic heterocycles. The summed E-state index contributed by atoms with van der Waals surface area (Å²) in [6.07, 6.45) is 2.55. The predicted octanol–water partition coefficient (Wildman–Crippen LogP) is 4.26. The standard InChI is InChI=1S/C27H39N3O4/c1-20-12-14-23(33-17-9-8-16-29-26(32)34-27(2,3)4)18-22(20)19-30-25(31)24(28)15-13-21-10-6-5-7-11-21/h5-7,10-12,14,18,24H,8-9,13,15-17,19,28H2,1-4H3,(H,29,32)(H,30,31)/t24-/m0/s1. The number of aryl methyl sites for hydroxylation is 2. The van der Waals surface area contributed by atoms with Crippen molar-refractivity contribution in [2.24, 2.45) is 5.73 Å². The Bertz CT molecular complexity index is 910. The van der Waals surface area contributed by atoms with Crippen LogP contribution in [0.5, 0.6) is 5.75 Å². The van der Waals surface area contributed by atoms with Crippen LogP contribution in [-0.4, -0.2) is 36.8 Å². The lowest BCUT2D eigenvalue weighted by Crippen LogP contribution is -2.40. The van der Waals surface area contributed by atoms with Crippen LogP contribution in [-0.2, 0) is 22.5 Å². The molecule has 0 heterocycles. The van der Waals surface area contributed by atoms with E-state index in [1.807, 2.05) is 76.2 Å². The van der Waals surface area contributed by atoms with E-state index in [-0.39, 0.29) is 5.91 Å². The van der Waals surface area contributed by atoms with Crippen LogP contribution < -0.4 is 21.1 Å². The minimum Gasteiger partial charge on any atom is -0.494 e. The third kappa shape index (κ3) is 10.7. The van der Waals surface area contributed by atoms with Gasteiger partial charge in [-0.2, -0.15) is 0 Å². The number of carbonyl (C=O) groups excluding carboxylic acids is 2. The molecule has 1 atom stereocenters. The summed E-state index contributed by atoms with van der Waals surface area (Å²) in [5.74, 6) is 0.600. The highest BCUT2D eigenvalue weighted by atomic mass is 16.6. The van der Waals surface area contributed by atoms with Crippen LogP contribution >= 0.6 is 0 Å². The summed E-state index contributed by atoms with van der Waals surface area (Å²) in [5, 5.41) is 5.68. The first-order valence-corrected chi connectivity index (χ1v) is 11.9. The topological polar surface area (TPSA) is 103 Å². The van der Waals surface area contributed by atoms with Crippen LogP contribution in [0.15, 0.2) is 48.5 Å². The number of nitrogens with one attached hydrogen (secondary N) is 2. The molecular weight excluding hydrogens is 430 g/mol. The van der Waals surface area contributed by atoms with E-state index in [9.17, 15) is 9.59 Å². The Kier molecular flexibility index (Phi) is 10.9. The van der Waals surface area contributed by atoms with Crippen molar-refractivity contribution in [1.82, 2.24) is 10.6 Å². The number of rotatable bonds is 12. The predicted molar refractivity (Wildman–Crippen MR) is 135 cm³/mol. The lowest BCUT2D eigenvalue weighted by atomic mass is 10.0. The lowest BCUT2D eigenvalue weighted by molar-refractivity contribution is -0.122. The second kappa shape index (κ2) is 13.6. The minimum atomic E-state index is -0.547. The summed E-state index contributed by atoms with van der Waals surface area (Å²) in [4.78, 5) is 24.1. The molecule has 34 heavy (non-hydrogen) atoms. The van der Waals surface area contributed by atoms with Crippen LogP contribution in [0.1, 0.15) is 56.7 Å². The van der Waals surface area contributed by atoms with Crippen molar-refractivity contribution in [1.29, 1.82) is 0 Å². The average Bonchev–Trinajstić information content (AvgIpc) is 2.79. The highest BCUT2D eigenvalue weighted by Gasteiger charge is 2.15. The summed E-state index contributed by atoms with van der Waals surface area (Å²) >= 11 is 0. The Morgan fingerprint density at radius 2 is 1.76 bits per heavy atom. The zero-order chi connectivity index (χ0) is 25.0. The van der Waals surface area contributed by atoms with E-state index in [0.717, 1.165) is 36.1 Å². The number of hydrogen-bond donors (Lipinski definition) is 3. The molecule has 2 aromatic carbocycles. The number of carbonyl (C=O) groups is 2. The molecule has 0 aromatic heterocycles. The van der Waals surface area contributed by atoms with Crippen molar-refractivity contribution >= 4 is 12.0 Å². The average molecular weight is 470 g/mol. The lowest BCUT2D eigenvalue weighted by Gasteiger charge is -2.19. The summed E-state index contributed by atoms with van der Waals surface area (Å²) in [6.45, 7) is 8.99. The molecule has 0 spiro atoms. The highest BCUT2D eigenvalue weighted by molar-refractivity contribution is 5.81. The second-order valence-electron chi connectivity index (χ2n) is 9.42. The Hall–Kier alpha value is -3.06. The van der Waals surface area contributed by atoms with Crippen LogP contribution in [0.3, 0.4) is 0 Å². The van der Waals surface area contributed by atoms with Crippen molar-refractivity contribution in [3.63, 3.8) is 0 Å². The Morgan fingerprint density at radius 1 is 1.03 bits per heavy atom. The molecule has 186 valence electrons. The molecule has 0 saturated heterocycles. The second-order valence-corrected chi connectivity index (χ2v) is 9.42. The molecule has 0 saturated carbocycles. The number of hydrogen-bond acceptors (Lipinski definition) is 5. The van der Waals surface area contributed by atoms with Gasteiger partial charge in [0.1, 0.15) is 11.4 Å². The number of benzene rings is 2. The molecule has 7 nitrogen and oxygen atoms in total. The van der Waals surface area contributed by atoms with Crippen molar-refractivity contribution < 1.29 is 19.1 Å². The Balaban J connectivity index is 1.69. The third-order valence-corrected chi connectivity index (χ3v) is 5.21. The largest absolute Gasteiger partial charge is 0.494 e. The quantitative estimate of drug-likeness (QED) is 0.403. The summed E-state index contributed by atoms with van der Waals surface area (Å²) in [7, 11) is 0. The normalized spacial score (nSPS) is 12.0. The maximum atomic E-state index is 12.4. The Morgan fingerprint density at radius 3 is 2.47 bits per heavy atom. The molecule has 0 unspecified atom stereocenters. The number of ether oxygens (including phenoxy) is 2. The van der Waals surface area contributed by atoms with Gasteiger partial charge in [-0.1, -0.05) is 36.4 Å². The molecule has 2 amide bonds. The first-order valence-electron chi connectivity index (χ1n) is 11.9. The zero-order valence-corrected chi connectivity index (χ0v) is 20.9. The molecule has 0 radical (unpaired) electrons. The fourth-order valence-corrected chi connectivity index (χ4v) is 3.26. The van der Waals surface area contributed by atoms with Gasteiger partial charge in [-0.25, -0.2) is 4.79 Å². The van der Waals surface area contributed by atoms with E-state index in [2.05, 4.69) is 10.6 Å². The van der Waals surface area contributed by atoms with Gasteiger partial charge in [0, 0.05) is 13.1 Å². The molecule has 0 bridgehead atoms. The van der Waals surface area contributed by atoms with E-state index < -0.39 is 17.7 Å². The fraction of sp³-hybridized carbons (Fsp3) is 0.481. The molecule has 0 fully saturated rings. The third-order valence-electron chi connectivity index (χ3n) is 5.21. The van der Waals surface area contributed by atoms with Crippen molar-refractivity contribution in [3.8, 4) is 5.75 Å². The number of amides is 2. The molecule has 0 aliphatic rings. The zero-order valence-electron chi connectivity index (χ0n) is 20.9. The van der Waals surface area contributed by atoms with Gasteiger partial charge in [-0.05, 0) is 82.2 Å². The van der Waals surface area contributed by atoms with Crippen LogP contribution in [0, 0.1) is 6.92 Å². The van der Waals surface area contributed by atoms with Crippen LogP contribution in [0.4, 0.5) is 4.79 Å². The SMILES string of the molecule is Cc1ccc(OCCCCNC(=O)OC(C)(C)C)cc1CNC(=O)[C@@H](N)CCc1ccccc1. The van der Waals surface area contributed by atoms with Crippen molar-refractivity contribution in [2.75, 3.05) is 13.2 Å². The molecular formula is C27H39N3O4. The maximum absolute atomic E-state index is 12.4. The van der Waals surface area contributed by atoms with E-state index in [1.165, 1.54) is 5.56 Å². The number of alkyl carbamates (subject to hydrolysis) is 1. The van der Waals surface area contributed by atoms with E-state index >= 15 is 0 Å². The van der Waals surface area contributed by atoms with Crippen molar-refractivity contribution in [3.05, 3.63) is 65.2 Å². The fourth-order valence-electron chi connectivity index (χ4n) is 3.26. The number of nitrogens with two attached hydrogens (primary N) is 1. The molecule has 7 heteroatoms. The minimum absolute atomic E-state index is 0.154. The molecule has 2 aromatic rings. The smallest absolute Gasteiger partial charge is 0.407 e. The van der Waals surface area contributed by atoms with Gasteiger partial charge in [-0.15, -0.1) is 0 Å². The van der Waals surface area contributed by atoms with Gasteiger partial charge < -0.3 is 25.8 Å². The van der Waals surface area contributed by atoms with E-state index in [1.54, 1.807) is 0 Å². The monoisotopic (exact) mass is 469 g/mol. The highest BCUT2D eigenvalue weighted by Crippen LogP contribution is 2.18. The van der Waals surface area contributed by atoms with E-state index in [0.29, 0.717) is 26.1 Å². The molecule has 2 rings (SSSR count). The van der Waals surface area contributed by atoms with Crippen molar-refractivity contribution in [2.45, 2.75) is 71.6 Å². The van der Waals surface area contributed by atoms with Gasteiger partial charge in [0.15, 0.2) is 0 Å². The molecule has 4 N–H and O–H groups in total. The Labute approximate surface area is 203 Å². The van der Waals surface area contributed by atoms with Gasteiger partial charge in [0.05, 0.1) is 12.6 Å². The summed E-state index contributed by atoms with van der Waals surface area (Å²) in [6, 6.07) is 15.3. The number of unbranched alkanes of at least 4 members (excludes halogenated alkanes) is 1. The van der Waals surface area contributed by atoms with Gasteiger partial charge in [-0.3, -0.25) is 4.79 Å². The van der Waals surface area contributed by atoms with Gasteiger partial charge in [0.2, 0.25) is 5.91 Å². The van der Waals surface area contributed by atoms with Crippen LogP contribution in [0.2, 0.25) is 0 Å². The first kappa shape index (κ1) is 27.2. The first-order chi connectivity index (χ1) is 16.1.